The van der Waals surface area contributed by atoms with Gasteiger partial charge in [0, 0.05) is 17.3 Å². The monoisotopic (exact) mass is 362 g/mol. The molecule has 0 saturated carbocycles. The van der Waals surface area contributed by atoms with Gasteiger partial charge in [0.25, 0.3) is 0 Å². The predicted molar refractivity (Wildman–Crippen MR) is 92.1 cm³/mol. The van der Waals surface area contributed by atoms with Crippen LogP contribution in [-0.4, -0.2) is 14.9 Å². The third-order valence-electron chi connectivity index (χ3n) is 2.97. The van der Waals surface area contributed by atoms with Gasteiger partial charge in [0.2, 0.25) is 5.75 Å². The molecule has 0 unspecified atom stereocenters. The maximum absolute atomic E-state index is 11.0. The average molecular weight is 363 g/mol. The Hall–Kier alpha value is -2.71. The Morgan fingerprint density at radius 3 is 2.83 bits per heavy atom. The van der Waals surface area contributed by atoms with Crippen molar-refractivity contribution in [2.75, 3.05) is 5.32 Å². The van der Waals surface area contributed by atoms with Crippen molar-refractivity contribution in [3.8, 4) is 5.75 Å². The zero-order chi connectivity index (χ0) is 16.9. The van der Waals surface area contributed by atoms with Gasteiger partial charge < -0.3 is 10.1 Å². The minimum Gasteiger partial charge on any atom is -0.479 e. The molecule has 122 valence electrons. The molecule has 3 aromatic rings. The van der Waals surface area contributed by atoms with E-state index in [9.17, 15) is 10.1 Å². The van der Waals surface area contributed by atoms with E-state index in [0.717, 1.165) is 11.9 Å². The molecule has 0 spiro atoms. The van der Waals surface area contributed by atoms with Crippen molar-refractivity contribution in [1.82, 2.24) is 9.97 Å². The van der Waals surface area contributed by atoms with Crippen molar-refractivity contribution in [3.63, 3.8) is 0 Å². The minimum atomic E-state index is -0.586. The molecule has 0 amide bonds. The maximum atomic E-state index is 11.0. The zero-order valence-corrected chi connectivity index (χ0v) is 13.8. The third-order valence-corrected chi connectivity index (χ3v) is 4.05. The van der Waals surface area contributed by atoms with Gasteiger partial charge in [0.05, 0.1) is 10.6 Å². The first kappa shape index (κ1) is 16.2. The van der Waals surface area contributed by atoms with Crippen molar-refractivity contribution >= 4 is 39.4 Å². The number of ether oxygens (including phenoxy) is 1. The second kappa shape index (κ2) is 7.24. The minimum absolute atomic E-state index is 0.0118. The summed E-state index contributed by atoms with van der Waals surface area (Å²) in [5, 5.41) is 16.8. The number of thiazole rings is 1. The molecule has 0 atom stereocenters. The van der Waals surface area contributed by atoms with E-state index in [-0.39, 0.29) is 23.1 Å². The van der Waals surface area contributed by atoms with Crippen LogP contribution in [0.2, 0.25) is 5.02 Å². The van der Waals surface area contributed by atoms with Crippen molar-refractivity contribution in [2.45, 2.75) is 6.61 Å². The number of hydrogen-bond acceptors (Lipinski definition) is 7. The Labute approximate surface area is 146 Å². The van der Waals surface area contributed by atoms with E-state index in [2.05, 4.69) is 15.3 Å². The fourth-order valence-corrected chi connectivity index (χ4v) is 2.83. The second-order valence-corrected chi connectivity index (χ2v) is 5.92. The number of nitro groups is 1. The molecule has 0 aliphatic heterocycles. The lowest BCUT2D eigenvalue weighted by Gasteiger charge is -2.06. The Balaban J connectivity index is 1.69. The number of pyridine rings is 1. The van der Waals surface area contributed by atoms with E-state index in [4.69, 9.17) is 16.3 Å². The Morgan fingerprint density at radius 1 is 1.29 bits per heavy atom. The van der Waals surface area contributed by atoms with Crippen LogP contribution in [0.4, 0.5) is 16.5 Å². The quantitative estimate of drug-likeness (QED) is 0.515. The molecule has 2 aromatic heterocycles. The molecule has 9 heteroatoms. The lowest BCUT2D eigenvalue weighted by atomic mass is 10.3. The van der Waals surface area contributed by atoms with Crippen LogP contribution in [0.15, 0.2) is 48.1 Å². The van der Waals surface area contributed by atoms with Crippen LogP contribution in [0.1, 0.15) is 5.69 Å². The van der Waals surface area contributed by atoms with E-state index in [1.807, 2.05) is 35.7 Å². The van der Waals surface area contributed by atoms with Crippen LogP contribution in [0, 0.1) is 10.1 Å². The number of aromatic nitrogens is 2. The van der Waals surface area contributed by atoms with Crippen molar-refractivity contribution in [2.24, 2.45) is 0 Å². The largest absolute Gasteiger partial charge is 0.479 e. The van der Waals surface area contributed by atoms with Crippen LogP contribution in [0.3, 0.4) is 0 Å². The molecule has 7 nitrogen and oxygen atoms in total. The number of hydrogen-bond donors (Lipinski definition) is 1. The molecule has 0 fully saturated rings. The summed E-state index contributed by atoms with van der Waals surface area (Å²) in [5.74, 6) is -0.0118. The van der Waals surface area contributed by atoms with Gasteiger partial charge in [0.1, 0.15) is 17.8 Å². The highest BCUT2D eigenvalue weighted by molar-refractivity contribution is 7.13. The summed E-state index contributed by atoms with van der Waals surface area (Å²) in [5.41, 5.74) is 1.29. The summed E-state index contributed by atoms with van der Waals surface area (Å²) in [4.78, 5) is 18.5. The first-order chi connectivity index (χ1) is 11.6. The first-order valence-corrected chi connectivity index (χ1v) is 8.06. The fraction of sp³-hybridized carbons (Fsp3) is 0.0667. The summed E-state index contributed by atoms with van der Waals surface area (Å²) < 4.78 is 5.48. The van der Waals surface area contributed by atoms with Crippen molar-refractivity contribution in [1.29, 1.82) is 0 Å². The smallest absolute Gasteiger partial charge is 0.330 e. The van der Waals surface area contributed by atoms with Gasteiger partial charge in [0.15, 0.2) is 5.13 Å². The van der Waals surface area contributed by atoms with E-state index >= 15 is 0 Å². The summed E-state index contributed by atoms with van der Waals surface area (Å²) in [6.07, 6.45) is 2.40. The number of nitrogens with one attached hydrogen (secondary N) is 1. The molecule has 0 saturated heterocycles. The molecular formula is C15H11ClN4O3S. The number of benzene rings is 1. The molecule has 1 N–H and O–H groups in total. The van der Waals surface area contributed by atoms with Gasteiger partial charge in [-0.1, -0.05) is 29.8 Å². The standard InChI is InChI=1S/C15H11ClN4O3S/c16-12-6-17-7-13(20(21)22)14(12)23-8-11-9-24-15(19-11)18-10-4-2-1-3-5-10/h1-7,9H,8H2,(H,18,19). The van der Waals surface area contributed by atoms with E-state index in [1.165, 1.54) is 17.5 Å². The molecule has 0 bridgehead atoms. The molecule has 0 aliphatic carbocycles. The Morgan fingerprint density at radius 2 is 2.08 bits per heavy atom. The maximum Gasteiger partial charge on any atom is 0.330 e. The highest BCUT2D eigenvalue weighted by Gasteiger charge is 2.19. The van der Waals surface area contributed by atoms with Crippen LogP contribution in [0.5, 0.6) is 5.75 Å². The van der Waals surface area contributed by atoms with Crippen LogP contribution in [-0.2, 0) is 6.61 Å². The molecule has 0 aliphatic rings. The number of nitrogens with zero attached hydrogens (tertiary/aromatic N) is 3. The second-order valence-electron chi connectivity index (χ2n) is 4.65. The van der Waals surface area contributed by atoms with Gasteiger partial charge in [-0.3, -0.25) is 15.1 Å². The topological polar surface area (TPSA) is 90.2 Å². The van der Waals surface area contributed by atoms with Crippen LogP contribution in [0.25, 0.3) is 0 Å². The summed E-state index contributed by atoms with van der Waals surface area (Å²) in [6.45, 7) is 0.0670. The summed E-state index contributed by atoms with van der Waals surface area (Å²) in [7, 11) is 0. The summed E-state index contributed by atoms with van der Waals surface area (Å²) >= 11 is 7.34. The van der Waals surface area contributed by atoms with E-state index in [1.54, 1.807) is 0 Å². The van der Waals surface area contributed by atoms with Gasteiger partial charge in [-0.15, -0.1) is 11.3 Å². The van der Waals surface area contributed by atoms with Crippen molar-refractivity contribution < 1.29 is 9.66 Å². The predicted octanol–water partition coefficient (Wildman–Crippen LogP) is 4.42. The molecule has 1 aromatic carbocycles. The number of para-hydroxylation sites is 1. The highest BCUT2D eigenvalue weighted by atomic mass is 35.5. The lowest BCUT2D eigenvalue weighted by Crippen LogP contribution is -2.01. The van der Waals surface area contributed by atoms with Crippen LogP contribution < -0.4 is 10.1 Å². The molecular weight excluding hydrogens is 352 g/mol. The molecule has 3 rings (SSSR count). The normalized spacial score (nSPS) is 10.4. The lowest BCUT2D eigenvalue weighted by molar-refractivity contribution is -0.386. The van der Waals surface area contributed by atoms with Crippen molar-refractivity contribution in [3.05, 3.63) is 68.9 Å². The van der Waals surface area contributed by atoms with Gasteiger partial charge in [-0.25, -0.2) is 4.98 Å². The zero-order valence-electron chi connectivity index (χ0n) is 12.2. The molecule has 2 heterocycles. The SMILES string of the molecule is O=[N+]([O-])c1cncc(Cl)c1OCc1csc(Nc2ccccc2)n1. The van der Waals surface area contributed by atoms with Crippen LogP contribution >= 0.6 is 22.9 Å². The Kier molecular flexibility index (Phi) is 4.88. The molecule has 0 radical (unpaired) electrons. The van der Waals surface area contributed by atoms with E-state index in [0.29, 0.717) is 10.8 Å². The highest BCUT2D eigenvalue weighted by Crippen LogP contribution is 2.34. The Bertz CT molecular complexity index is 857. The number of halogens is 1. The average Bonchev–Trinajstić information content (AvgIpc) is 3.01. The summed E-state index contributed by atoms with van der Waals surface area (Å²) in [6, 6.07) is 9.63. The van der Waals surface area contributed by atoms with Gasteiger partial charge >= 0.3 is 5.69 Å². The van der Waals surface area contributed by atoms with E-state index < -0.39 is 4.92 Å². The third kappa shape index (κ3) is 3.79. The molecule has 24 heavy (non-hydrogen) atoms. The van der Waals surface area contributed by atoms with Gasteiger partial charge in [-0.05, 0) is 12.1 Å². The number of anilines is 2. The number of rotatable bonds is 6. The fourth-order valence-electron chi connectivity index (χ4n) is 1.91. The van der Waals surface area contributed by atoms with Gasteiger partial charge in [-0.2, -0.15) is 0 Å². The first-order valence-electron chi connectivity index (χ1n) is 6.80.